The van der Waals surface area contributed by atoms with E-state index < -0.39 is 0 Å². The first kappa shape index (κ1) is 13.4. The van der Waals surface area contributed by atoms with Gasteiger partial charge in [0.15, 0.2) is 0 Å². The molecule has 0 aromatic rings. The van der Waals surface area contributed by atoms with E-state index in [4.69, 9.17) is 0 Å². The third-order valence-electron chi connectivity index (χ3n) is 3.57. The van der Waals surface area contributed by atoms with Crippen molar-refractivity contribution in [3.63, 3.8) is 0 Å². The first-order chi connectivity index (χ1) is 7.83. The molecule has 0 bridgehead atoms. The van der Waals surface area contributed by atoms with Crippen molar-refractivity contribution in [2.75, 3.05) is 0 Å². The molecule has 0 unspecified atom stereocenters. The number of hydrogen-bond donors (Lipinski definition) is 0. The largest absolute Gasteiger partial charge is 0.303 e. The van der Waals surface area contributed by atoms with Gasteiger partial charge in [-0.25, -0.2) is 0 Å². The van der Waals surface area contributed by atoms with Crippen molar-refractivity contribution in [3.8, 4) is 0 Å². The topological polar surface area (TPSA) is 34.1 Å². The lowest BCUT2D eigenvalue weighted by Crippen LogP contribution is -2.06. The molecule has 1 aliphatic carbocycles. The fraction of sp³-hybridized carbons (Fsp3) is 0.857. The molecule has 0 N–H and O–H groups in total. The summed E-state index contributed by atoms with van der Waals surface area (Å²) in [5.41, 5.74) is 0. The van der Waals surface area contributed by atoms with E-state index >= 15 is 0 Å². The van der Waals surface area contributed by atoms with Crippen molar-refractivity contribution in [1.29, 1.82) is 0 Å². The minimum absolute atomic E-state index is 0.458. The summed E-state index contributed by atoms with van der Waals surface area (Å²) in [7, 11) is 0. The van der Waals surface area contributed by atoms with E-state index in [0.29, 0.717) is 5.78 Å². The fourth-order valence-electron chi connectivity index (χ4n) is 2.56. The van der Waals surface area contributed by atoms with Gasteiger partial charge >= 0.3 is 0 Å². The van der Waals surface area contributed by atoms with E-state index in [0.717, 1.165) is 50.7 Å². The average molecular weight is 224 g/mol. The zero-order valence-corrected chi connectivity index (χ0v) is 10.2. The molecule has 0 aromatic heterocycles. The second-order valence-corrected chi connectivity index (χ2v) is 4.99. The number of rotatable bonds is 4. The zero-order valence-electron chi connectivity index (χ0n) is 10.2. The number of Topliss-reactive ketones (excluding diaryl/α,β-unsaturated/α-hetero) is 1. The molecule has 0 spiro atoms. The Morgan fingerprint density at radius 3 is 2.25 bits per heavy atom. The van der Waals surface area contributed by atoms with Crippen LogP contribution in [0, 0.1) is 5.92 Å². The Morgan fingerprint density at radius 2 is 1.69 bits per heavy atom. The molecule has 0 amide bonds. The Balaban J connectivity index is 2.23. The normalized spacial score (nSPS) is 20.6. The second kappa shape index (κ2) is 8.49. The Kier molecular flexibility index (Phi) is 7.11. The highest BCUT2D eigenvalue weighted by molar-refractivity contribution is 5.78. The summed E-state index contributed by atoms with van der Waals surface area (Å²) in [5.74, 6) is 1.26. The van der Waals surface area contributed by atoms with Crippen LogP contribution >= 0.6 is 0 Å². The van der Waals surface area contributed by atoms with Crippen LogP contribution in [0.25, 0.3) is 0 Å². The van der Waals surface area contributed by atoms with Crippen LogP contribution in [0.15, 0.2) is 0 Å². The van der Waals surface area contributed by atoms with Gasteiger partial charge in [-0.15, -0.1) is 0 Å². The quantitative estimate of drug-likeness (QED) is 0.539. The maximum absolute atomic E-state index is 11.4. The maximum Gasteiger partial charge on any atom is 0.132 e. The third-order valence-corrected chi connectivity index (χ3v) is 3.57. The van der Waals surface area contributed by atoms with E-state index in [2.05, 4.69) is 0 Å². The number of carbonyl (C=O) groups excluding carboxylic acids is 2. The second-order valence-electron chi connectivity index (χ2n) is 4.99. The van der Waals surface area contributed by atoms with Crippen molar-refractivity contribution in [2.45, 2.75) is 70.6 Å². The van der Waals surface area contributed by atoms with E-state index in [9.17, 15) is 9.59 Å². The smallest absolute Gasteiger partial charge is 0.132 e. The monoisotopic (exact) mass is 224 g/mol. The molecule has 16 heavy (non-hydrogen) atoms. The van der Waals surface area contributed by atoms with Gasteiger partial charge in [-0.1, -0.05) is 32.1 Å². The molecular formula is C14H24O2. The van der Waals surface area contributed by atoms with Crippen LogP contribution in [0.2, 0.25) is 0 Å². The summed E-state index contributed by atoms with van der Waals surface area (Å²) < 4.78 is 0. The minimum Gasteiger partial charge on any atom is -0.303 e. The molecule has 0 aromatic carbocycles. The third kappa shape index (κ3) is 6.04. The standard InChI is InChI=1S/C14H24O2/c15-12-6-5-9-13-7-1-3-10-14(16)11-4-2-8-13/h12-13H,1-11H2. The van der Waals surface area contributed by atoms with Crippen LogP contribution in [0.4, 0.5) is 0 Å². The Bertz CT molecular complexity index is 197. The van der Waals surface area contributed by atoms with Crippen LogP contribution in [-0.2, 0) is 9.59 Å². The van der Waals surface area contributed by atoms with Crippen LogP contribution in [0.1, 0.15) is 70.6 Å². The van der Waals surface area contributed by atoms with Crippen molar-refractivity contribution >= 4 is 12.1 Å². The number of hydrogen-bond acceptors (Lipinski definition) is 2. The van der Waals surface area contributed by atoms with Crippen molar-refractivity contribution < 1.29 is 9.59 Å². The van der Waals surface area contributed by atoms with Gasteiger partial charge in [-0.3, -0.25) is 4.79 Å². The van der Waals surface area contributed by atoms with Gasteiger partial charge in [0.25, 0.3) is 0 Å². The van der Waals surface area contributed by atoms with E-state index in [1.807, 2.05) is 0 Å². The Labute approximate surface area is 98.8 Å². The first-order valence-electron chi connectivity index (χ1n) is 6.78. The molecule has 0 saturated heterocycles. The van der Waals surface area contributed by atoms with Crippen LogP contribution in [0.5, 0.6) is 0 Å². The lowest BCUT2D eigenvalue weighted by atomic mass is 9.88. The number of carbonyl (C=O) groups is 2. The van der Waals surface area contributed by atoms with Gasteiger partial charge in [-0.2, -0.15) is 0 Å². The number of unbranched alkanes of at least 4 members (excludes halogenated alkanes) is 1. The van der Waals surface area contributed by atoms with Gasteiger partial charge in [0, 0.05) is 19.3 Å². The lowest BCUT2D eigenvalue weighted by Gasteiger charge is -2.17. The van der Waals surface area contributed by atoms with Crippen LogP contribution in [-0.4, -0.2) is 12.1 Å². The molecule has 0 heterocycles. The van der Waals surface area contributed by atoms with Crippen LogP contribution < -0.4 is 0 Å². The fourth-order valence-corrected chi connectivity index (χ4v) is 2.56. The first-order valence-corrected chi connectivity index (χ1v) is 6.78. The maximum atomic E-state index is 11.4. The molecule has 1 aliphatic rings. The van der Waals surface area contributed by atoms with Gasteiger partial charge in [0.1, 0.15) is 12.1 Å². The summed E-state index contributed by atoms with van der Waals surface area (Å²) in [4.78, 5) is 21.6. The molecule has 0 radical (unpaired) electrons. The summed E-state index contributed by atoms with van der Waals surface area (Å²) in [6, 6.07) is 0. The molecule has 92 valence electrons. The van der Waals surface area contributed by atoms with Crippen LogP contribution in [0.3, 0.4) is 0 Å². The highest BCUT2D eigenvalue weighted by atomic mass is 16.1. The van der Waals surface area contributed by atoms with Crippen molar-refractivity contribution in [2.24, 2.45) is 5.92 Å². The zero-order chi connectivity index (χ0) is 11.6. The highest BCUT2D eigenvalue weighted by Gasteiger charge is 2.11. The molecule has 1 saturated carbocycles. The summed E-state index contributed by atoms with van der Waals surface area (Å²) in [5, 5.41) is 0. The molecule has 0 aliphatic heterocycles. The van der Waals surface area contributed by atoms with Gasteiger partial charge in [-0.05, 0) is 25.2 Å². The average Bonchev–Trinajstić information content (AvgIpc) is 2.29. The molecule has 2 heteroatoms. The van der Waals surface area contributed by atoms with E-state index in [1.54, 1.807) is 0 Å². The van der Waals surface area contributed by atoms with Gasteiger partial charge in [0.05, 0.1) is 0 Å². The van der Waals surface area contributed by atoms with E-state index in [-0.39, 0.29) is 0 Å². The lowest BCUT2D eigenvalue weighted by molar-refractivity contribution is -0.119. The highest BCUT2D eigenvalue weighted by Crippen LogP contribution is 2.24. The predicted octanol–water partition coefficient (Wildman–Crippen LogP) is 3.68. The van der Waals surface area contributed by atoms with Crippen molar-refractivity contribution in [3.05, 3.63) is 0 Å². The van der Waals surface area contributed by atoms with Gasteiger partial charge < -0.3 is 4.79 Å². The van der Waals surface area contributed by atoms with Crippen molar-refractivity contribution in [1.82, 2.24) is 0 Å². The molecule has 1 fully saturated rings. The number of aldehydes is 1. The molecule has 1 rings (SSSR count). The molecular weight excluding hydrogens is 200 g/mol. The summed E-state index contributed by atoms with van der Waals surface area (Å²) in [6.45, 7) is 0. The van der Waals surface area contributed by atoms with E-state index in [1.165, 1.54) is 32.1 Å². The summed E-state index contributed by atoms with van der Waals surface area (Å²) in [6.07, 6.45) is 12.6. The minimum atomic E-state index is 0.458. The number of ketones is 1. The van der Waals surface area contributed by atoms with Gasteiger partial charge in [0.2, 0.25) is 0 Å². The molecule has 0 atom stereocenters. The SMILES string of the molecule is O=CCCCC1CCCCC(=O)CCCC1. The summed E-state index contributed by atoms with van der Waals surface area (Å²) >= 11 is 0. The predicted molar refractivity (Wildman–Crippen MR) is 65.3 cm³/mol. The molecule has 2 nitrogen and oxygen atoms in total. The Morgan fingerprint density at radius 1 is 1.06 bits per heavy atom. The Hall–Kier alpha value is -0.660.